The van der Waals surface area contributed by atoms with Crippen LogP contribution in [0.2, 0.25) is 0 Å². The second-order valence-electron chi connectivity index (χ2n) is 5.25. The summed E-state index contributed by atoms with van der Waals surface area (Å²) in [7, 11) is 0. The first-order chi connectivity index (χ1) is 9.62. The van der Waals surface area contributed by atoms with Crippen LogP contribution >= 0.6 is 0 Å². The summed E-state index contributed by atoms with van der Waals surface area (Å²) in [4.78, 5) is 14.0. The number of amides is 1. The van der Waals surface area contributed by atoms with E-state index in [-0.39, 0.29) is 11.8 Å². The molecule has 1 atom stereocenters. The van der Waals surface area contributed by atoms with Gasteiger partial charge in [-0.1, -0.05) is 38.1 Å². The highest BCUT2D eigenvalue weighted by atomic mass is 16.2. The third-order valence-corrected chi connectivity index (χ3v) is 3.50. The van der Waals surface area contributed by atoms with Crippen LogP contribution in [0.25, 0.3) is 0 Å². The van der Waals surface area contributed by atoms with Gasteiger partial charge in [-0.15, -0.1) is 0 Å². The van der Waals surface area contributed by atoms with Crippen molar-refractivity contribution in [1.29, 1.82) is 0 Å². The molecule has 1 aromatic carbocycles. The van der Waals surface area contributed by atoms with Crippen molar-refractivity contribution >= 4 is 5.91 Å². The second-order valence-corrected chi connectivity index (χ2v) is 5.25. The highest BCUT2D eigenvalue weighted by molar-refractivity contribution is 5.82. The molecule has 112 valence electrons. The fraction of sp³-hybridized carbons (Fsp3) is 0.562. The lowest BCUT2D eigenvalue weighted by atomic mass is 9.99. The Balaban J connectivity index is 2.67. The largest absolute Gasteiger partial charge is 0.299 e. The summed E-state index contributed by atoms with van der Waals surface area (Å²) in [6, 6.07) is 8.25. The van der Waals surface area contributed by atoms with Gasteiger partial charge in [0.15, 0.2) is 0 Å². The van der Waals surface area contributed by atoms with Crippen molar-refractivity contribution in [2.24, 2.45) is 5.84 Å². The van der Waals surface area contributed by atoms with E-state index in [1.807, 2.05) is 19.1 Å². The van der Waals surface area contributed by atoms with Crippen molar-refractivity contribution in [2.45, 2.75) is 46.1 Å². The average Bonchev–Trinajstić information content (AvgIpc) is 2.47. The van der Waals surface area contributed by atoms with Gasteiger partial charge in [-0.2, -0.15) is 0 Å². The van der Waals surface area contributed by atoms with Crippen molar-refractivity contribution in [3.63, 3.8) is 0 Å². The van der Waals surface area contributed by atoms with E-state index in [1.54, 1.807) is 0 Å². The molecule has 1 amide bonds. The Morgan fingerprint density at radius 1 is 1.20 bits per heavy atom. The molecule has 0 aliphatic rings. The van der Waals surface area contributed by atoms with Gasteiger partial charge in [-0.25, -0.2) is 5.84 Å². The van der Waals surface area contributed by atoms with E-state index < -0.39 is 0 Å². The quantitative estimate of drug-likeness (QED) is 0.436. The van der Waals surface area contributed by atoms with E-state index >= 15 is 0 Å². The number of nitrogens with one attached hydrogen (secondary N) is 1. The highest BCUT2D eigenvalue weighted by Crippen LogP contribution is 2.17. The number of nitrogens with two attached hydrogens (primary N) is 1. The molecule has 1 rings (SSSR count). The number of carbonyl (C=O) groups is 1. The molecule has 4 heteroatoms. The first-order valence-corrected chi connectivity index (χ1v) is 7.44. The van der Waals surface area contributed by atoms with Gasteiger partial charge in [-0.3, -0.25) is 15.1 Å². The Bertz CT molecular complexity index is 397. The lowest BCUT2D eigenvalue weighted by Gasteiger charge is -2.21. The average molecular weight is 277 g/mol. The summed E-state index contributed by atoms with van der Waals surface area (Å²) >= 11 is 0. The summed E-state index contributed by atoms with van der Waals surface area (Å²) in [5.41, 5.74) is 4.48. The summed E-state index contributed by atoms with van der Waals surface area (Å²) in [5, 5.41) is 0. The Morgan fingerprint density at radius 2 is 1.75 bits per heavy atom. The summed E-state index contributed by atoms with van der Waals surface area (Å²) in [5.74, 6) is 4.80. The van der Waals surface area contributed by atoms with Crippen molar-refractivity contribution in [3.05, 3.63) is 35.4 Å². The maximum atomic E-state index is 11.5. The summed E-state index contributed by atoms with van der Waals surface area (Å²) < 4.78 is 0. The molecule has 0 aliphatic carbocycles. The molecule has 0 saturated carbocycles. The van der Waals surface area contributed by atoms with Crippen molar-refractivity contribution in [2.75, 3.05) is 13.1 Å². The van der Waals surface area contributed by atoms with Crippen molar-refractivity contribution in [1.82, 2.24) is 10.3 Å². The molecule has 3 N–H and O–H groups in total. The molecule has 1 aromatic rings. The Hall–Kier alpha value is -1.39. The zero-order valence-electron chi connectivity index (χ0n) is 12.9. The number of benzene rings is 1. The lowest BCUT2D eigenvalue weighted by molar-refractivity contribution is -0.122. The van der Waals surface area contributed by atoms with Crippen LogP contribution in [0.1, 0.15) is 50.7 Å². The zero-order valence-corrected chi connectivity index (χ0v) is 12.9. The fourth-order valence-electron chi connectivity index (χ4n) is 2.35. The van der Waals surface area contributed by atoms with Gasteiger partial charge in [-0.05, 0) is 44.0 Å². The second kappa shape index (κ2) is 8.72. The van der Waals surface area contributed by atoms with E-state index in [9.17, 15) is 4.79 Å². The maximum absolute atomic E-state index is 11.5. The minimum Gasteiger partial charge on any atom is -0.299 e. The zero-order chi connectivity index (χ0) is 15.0. The Labute approximate surface area is 122 Å². The van der Waals surface area contributed by atoms with Crippen LogP contribution < -0.4 is 11.3 Å². The van der Waals surface area contributed by atoms with Crippen LogP contribution in [0.5, 0.6) is 0 Å². The molecule has 0 aliphatic heterocycles. The number of hydrazine groups is 1. The van der Waals surface area contributed by atoms with Gasteiger partial charge in [0.2, 0.25) is 5.91 Å². The van der Waals surface area contributed by atoms with Gasteiger partial charge < -0.3 is 0 Å². The molecule has 0 radical (unpaired) electrons. The molecule has 0 aromatic heterocycles. The third-order valence-electron chi connectivity index (χ3n) is 3.50. The van der Waals surface area contributed by atoms with E-state index in [1.165, 1.54) is 18.4 Å². The van der Waals surface area contributed by atoms with Crippen LogP contribution in [0.3, 0.4) is 0 Å². The molecule has 0 bridgehead atoms. The highest BCUT2D eigenvalue weighted by Gasteiger charge is 2.13. The monoisotopic (exact) mass is 277 g/mol. The van der Waals surface area contributed by atoms with Crippen LogP contribution in [0.4, 0.5) is 0 Å². The molecule has 0 heterocycles. The van der Waals surface area contributed by atoms with Crippen LogP contribution in [-0.2, 0) is 11.3 Å². The van der Waals surface area contributed by atoms with Crippen LogP contribution in [0, 0.1) is 0 Å². The number of nitrogens with zero attached hydrogens (tertiary/aromatic N) is 1. The fourth-order valence-corrected chi connectivity index (χ4v) is 2.35. The van der Waals surface area contributed by atoms with E-state index in [0.717, 1.165) is 25.2 Å². The van der Waals surface area contributed by atoms with E-state index in [4.69, 9.17) is 5.84 Å². The Morgan fingerprint density at radius 3 is 2.20 bits per heavy atom. The SMILES string of the molecule is CCCN(CCC)Cc1ccc(C(C)C(=O)NN)cc1. The first-order valence-electron chi connectivity index (χ1n) is 7.44. The van der Waals surface area contributed by atoms with Crippen LogP contribution in [0.15, 0.2) is 24.3 Å². The number of carbonyl (C=O) groups excluding carboxylic acids is 1. The maximum Gasteiger partial charge on any atom is 0.241 e. The predicted molar refractivity (Wildman–Crippen MR) is 83.0 cm³/mol. The molecule has 0 spiro atoms. The molecular formula is C16H27N3O. The number of hydrogen-bond donors (Lipinski definition) is 2. The van der Waals surface area contributed by atoms with Gasteiger partial charge in [0.1, 0.15) is 0 Å². The molecule has 0 fully saturated rings. The standard InChI is InChI=1S/C16H27N3O/c1-4-10-19(11-5-2)12-14-6-8-15(9-7-14)13(3)16(20)18-17/h6-9,13H,4-5,10-12,17H2,1-3H3,(H,18,20). The van der Waals surface area contributed by atoms with Gasteiger partial charge in [0, 0.05) is 6.54 Å². The molecule has 4 nitrogen and oxygen atoms in total. The number of rotatable bonds is 8. The van der Waals surface area contributed by atoms with Gasteiger partial charge >= 0.3 is 0 Å². The topological polar surface area (TPSA) is 58.4 Å². The van der Waals surface area contributed by atoms with E-state index in [2.05, 4.69) is 36.3 Å². The van der Waals surface area contributed by atoms with E-state index in [0.29, 0.717) is 0 Å². The van der Waals surface area contributed by atoms with Crippen molar-refractivity contribution < 1.29 is 4.79 Å². The lowest BCUT2D eigenvalue weighted by Crippen LogP contribution is -2.33. The normalized spacial score (nSPS) is 12.4. The van der Waals surface area contributed by atoms with Gasteiger partial charge in [0.25, 0.3) is 0 Å². The van der Waals surface area contributed by atoms with Crippen LogP contribution in [-0.4, -0.2) is 23.9 Å². The van der Waals surface area contributed by atoms with Gasteiger partial charge in [0.05, 0.1) is 5.92 Å². The van der Waals surface area contributed by atoms with Crippen molar-refractivity contribution in [3.8, 4) is 0 Å². The minimum atomic E-state index is -0.212. The summed E-state index contributed by atoms with van der Waals surface area (Å²) in [6.07, 6.45) is 2.34. The number of hydrogen-bond acceptors (Lipinski definition) is 3. The molecule has 20 heavy (non-hydrogen) atoms. The third kappa shape index (κ3) is 4.94. The Kier molecular flexibility index (Phi) is 7.26. The molecular weight excluding hydrogens is 250 g/mol. The first kappa shape index (κ1) is 16.7. The smallest absolute Gasteiger partial charge is 0.241 e. The summed E-state index contributed by atoms with van der Waals surface area (Å²) in [6.45, 7) is 9.50. The minimum absolute atomic E-state index is 0.156. The predicted octanol–water partition coefficient (Wildman–Crippen LogP) is 2.40. The molecule has 1 unspecified atom stereocenters. The molecule has 0 saturated heterocycles.